The molecule has 42 heavy (non-hydrogen) atoms. The standard InChI is InChI=1S/C34H43N3O4S/c1-34(2,3)28-19-21-30(22-20-28)37(42(4,40)41)25-32(38)36(24-27-15-9-6-10-16-27)31(23-26-13-7-5-8-14-26)33(39)35-29-17-11-12-18-29/h5-10,13-16,19-22,29,31H,11-12,17-18,23-25H2,1-4H3,(H,35,39). The van der Waals surface area contributed by atoms with E-state index in [0.29, 0.717) is 12.1 Å². The Morgan fingerprint density at radius 3 is 1.93 bits per heavy atom. The molecule has 0 saturated heterocycles. The Kier molecular flexibility index (Phi) is 10.1. The predicted molar refractivity (Wildman–Crippen MR) is 169 cm³/mol. The van der Waals surface area contributed by atoms with E-state index < -0.39 is 28.5 Å². The van der Waals surface area contributed by atoms with Crippen molar-refractivity contribution in [2.24, 2.45) is 0 Å². The predicted octanol–water partition coefficient (Wildman–Crippen LogP) is 5.45. The largest absolute Gasteiger partial charge is 0.352 e. The van der Waals surface area contributed by atoms with Crippen molar-refractivity contribution >= 4 is 27.5 Å². The van der Waals surface area contributed by atoms with E-state index in [4.69, 9.17) is 0 Å². The average Bonchev–Trinajstić information content (AvgIpc) is 3.46. The third-order valence-electron chi connectivity index (χ3n) is 7.87. The molecule has 0 bridgehead atoms. The molecular weight excluding hydrogens is 546 g/mol. The van der Waals surface area contributed by atoms with Crippen LogP contribution in [0.3, 0.4) is 0 Å². The molecule has 1 aliphatic rings. The Morgan fingerprint density at radius 1 is 0.857 bits per heavy atom. The lowest BCUT2D eigenvalue weighted by Gasteiger charge is -2.34. The monoisotopic (exact) mass is 589 g/mol. The Morgan fingerprint density at radius 2 is 1.40 bits per heavy atom. The van der Waals surface area contributed by atoms with Gasteiger partial charge in [-0.25, -0.2) is 8.42 Å². The van der Waals surface area contributed by atoms with Gasteiger partial charge in [0.25, 0.3) is 0 Å². The number of nitrogens with one attached hydrogen (secondary N) is 1. The zero-order chi connectivity index (χ0) is 30.3. The van der Waals surface area contributed by atoms with Crippen molar-refractivity contribution in [3.63, 3.8) is 0 Å². The van der Waals surface area contributed by atoms with Gasteiger partial charge in [0.2, 0.25) is 21.8 Å². The molecule has 224 valence electrons. The molecule has 1 atom stereocenters. The van der Waals surface area contributed by atoms with Gasteiger partial charge in [0.1, 0.15) is 12.6 Å². The molecule has 1 N–H and O–H groups in total. The molecule has 3 aromatic carbocycles. The van der Waals surface area contributed by atoms with Gasteiger partial charge >= 0.3 is 0 Å². The number of benzene rings is 3. The maximum Gasteiger partial charge on any atom is 0.244 e. The van der Waals surface area contributed by atoms with Crippen LogP contribution in [0.25, 0.3) is 0 Å². The summed E-state index contributed by atoms with van der Waals surface area (Å²) in [5.74, 6) is -0.651. The lowest BCUT2D eigenvalue weighted by atomic mass is 9.87. The SMILES string of the molecule is CC(C)(C)c1ccc(N(CC(=O)N(Cc2ccccc2)C(Cc2ccccc2)C(=O)NC2CCCC2)S(C)(=O)=O)cc1. The van der Waals surface area contributed by atoms with E-state index in [-0.39, 0.29) is 23.9 Å². The van der Waals surface area contributed by atoms with Crippen LogP contribution in [-0.2, 0) is 38.0 Å². The van der Waals surface area contributed by atoms with Gasteiger partial charge in [0, 0.05) is 19.0 Å². The first-order valence-corrected chi connectivity index (χ1v) is 16.5. The van der Waals surface area contributed by atoms with Gasteiger partial charge in [0.05, 0.1) is 11.9 Å². The van der Waals surface area contributed by atoms with Crippen LogP contribution in [0, 0.1) is 0 Å². The highest BCUT2D eigenvalue weighted by Crippen LogP contribution is 2.27. The Labute approximate surface area is 251 Å². The van der Waals surface area contributed by atoms with Crippen LogP contribution in [0.1, 0.15) is 63.1 Å². The summed E-state index contributed by atoms with van der Waals surface area (Å²) in [4.78, 5) is 29.7. The minimum Gasteiger partial charge on any atom is -0.352 e. The first-order valence-electron chi connectivity index (χ1n) is 14.7. The van der Waals surface area contributed by atoms with E-state index in [2.05, 4.69) is 26.1 Å². The Bertz CT molecular complexity index is 1430. The third kappa shape index (κ3) is 8.44. The molecule has 1 aliphatic carbocycles. The Hall–Kier alpha value is -3.65. The topological polar surface area (TPSA) is 86.8 Å². The van der Waals surface area contributed by atoms with Gasteiger partial charge in [-0.15, -0.1) is 0 Å². The van der Waals surface area contributed by atoms with Crippen molar-refractivity contribution < 1.29 is 18.0 Å². The minimum absolute atomic E-state index is 0.0818. The highest BCUT2D eigenvalue weighted by molar-refractivity contribution is 7.92. The first kappa shape index (κ1) is 31.3. The lowest BCUT2D eigenvalue weighted by molar-refractivity contribution is -0.140. The van der Waals surface area contributed by atoms with Crippen molar-refractivity contribution in [2.45, 2.75) is 76.9 Å². The number of carbonyl (C=O) groups is 2. The number of carbonyl (C=O) groups excluding carboxylic acids is 2. The van der Waals surface area contributed by atoms with Gasteiger partial charge in [-0.05, 0) is 47.1 Å². The summed E-state index contributed by atoms with van der Waals surface area (Å²) in [5.41, 5.74) is 3.15. The second kappa shape index (κ2) is 13.6. The van der Waals surface area contributed by atoms with E-state index in [9.17, 15) is 18.0 Å². The molecular formula is C34H43N3O4S. The fourth-order valence-corrected chi connectivity index (χ4v) is 6.29. The number of hydrogen-bond donors (Lipinski definition) is 1. The van der Waals surface area contributed by atoms with Gasteiger partial charge in [-0.2, -0.15) is 0 Å². The smallest absolute Gasteiger partial charge is 0.244 e. The highest BCUT2D eigenvalue weighted by atomic mass is 32.2. The highest BCUT2D eigenvalue weighted by Gasteiger charge is 2.34. The molecule has 1 saturated carbocycles. The normalized spacial score (nSPS) is 14.8. The average molecular weight is 590 g/mol. The molecule has 0 aliphatic heterocycles. The van der Waals surface area contributed by atoms with Gasteiger partial charge in [0.15, 0.2) is 0 Å². The molecule has 1 fully saturated rings. The third-order valence-corrected chi connectivity index (χ3v) is 9.01. The van der Waals surface area contributed by atoms with E-state index >= 15 is 0 Å². The molecule has 0 heterocycles. The zero-order valence-corrected chi connectivity index (χ0v) is 25.9. The fraction of sp³-hybridized carbons (Fsp3) is 0.412. The summed E-state index contributed by atoms with van der Waals surface area (Å²) in [6.45, 7) is 6.03. The number of rotatable bonds is 11. The molecule has 1 unspecified atom stereocenters. The van der Waals surface area contributed by atoms with E-state index in [1.807, 2.05) is 72.8 Å². The fourth-order valence-electron chi connectivity index (χ4n) is 5.44. The van der Waals surface area contributed by atoms with Crippen LogP contribution in [0.2, 0.25) is 0 Å². The van der Waals surface area contributed by atoms with Crippen molar-refractivity contribution in [2.75, 3.05) is 17.1 Å². The quantitative estimate of drug-likeness (QED) is 0.322. The van der Waals surface area contributed by atoms with Crippen LogP contribution in [-0.4, -0.2) is 50.0 Å². The number of nitrogens with zero attached hydrogens (tertiary/aromatic N) is 2. The number of anilines is 1. The van der Waals surface area contributed by atoms with Crippen LogP contribution in [0.15, 0.2) is 84.9 Å². The van der Waals surface area contributed by atoms with Crippen molar-refractivity contribution in [1.82, 2.24) is 10.2 Å². The molecule has 0 aromatic heterocycles. The summed E-state index contributed by atoms with van der Waals surface area (Å²) in [6.07, 6.45) is 5.40. The maximum atomic E-state index is 14.2. The summed E-state index contributed by atoms with van der Waals surface area (Å²) >= 11 is 0. The summed E-state index contributed by atoms with van der Waals surface area (Å²) in [5, 5.41) is 3.19. The molecule has 2 amide bonds. The van der Waals surface area contributed by atoms with E-state index in [0.717, 1.165) is 52.9 Å². The summed E-state index contributed by atoms with van der Waals surface area (Å²) in [7, 11) is -3.81. The molecule has 0 radical (unpaired) electrons. The summed E-state index contributed by atoms with van der Waals surface area (Å²) < 4.78 is 27.2. The molecule has 8 heteroatoms. The first-order chi connectivity index (χ1) is 19.9. The maximum absolute atomic E-state index is 14.2. The molecule has 4 rings (SSSR count). The van der Waals surface area contributed by atoms with Gasteiger partial charge < -0.3 is 10.2 Å². The lowest BCUT2D eigenvalue weighted by Crippen LogP contribution is -2.54. The number of sulfonamides is 1. The summed E-state index contributed by atoms with van der Waals surface area (Å²) in [6, 6.07) is 25.7. The minimum atomic E-state index is -3.81. The van der Waals surface area contributed by atoms with Gasteiger partial charge in [-0.3, -0.25) is 13.9 Å². The van der Waals surface area contributed by atoms with Crippen molar-refractivity contribution in [3.8, 4) is 0 Å². The number of amides is 2. The van der Waals surface area contributed by atoms with Crippen molar-refractivity contribution in [1.29, 1.82) is 0 Å². The van der Waals surface area contributed by atoms with E-state index in [1.165, 1.54) is 0 Å². The van der Waals surface area contributed by atoms with Crippen LogP contribution in [0.5, 0.6) is 0 Å². The van der Waals surface area contributed by atoms with Crippen LogP contribution in [0.4, 0.5) is 5.69 Å². The zero-order valence-electron chi connectivity index (χ0n) is 25.1. The second-order valence-electron chi connectivity index (χ2n) is 12.3. The second-order valence-corrected chi connectivity index (χ2v) is 14.2. The van der Waals surface area contributed by atoms with Crippen LogP contribution >= 0.6 is 0 Å². The number of hydrogen-bond acceptors (Lipinski definition) is 4. The van der Waals surface area contributed by atoms with Crippen molar-refractivity contribution in [3.05, 3.63) is 102 Å². The molecule has 0 spiro atoms. The van der Waals surface area contributed by atoms with E-state index in [1.54, 1.807) is 17.0 Å². The van der Waals surface area contributed by atoms with Crippen LogP contribution < -0.4 is 9.62 Å². The molecule has 7 nitrogen and oxygen atoms in total. The Balaban J connectivity index is 1.70. The molecule has 3 aromatic rings. The van der Waals surface area contributed by atoms with Gasteiger partial charge in [-0.1, -0.05) is 106 Å².